The van der Waals surface area contributed by atoms with Crippen LogP contribution in [-0.4, -0.2) is 21.8 Å². The molecule has 0 amide bonds. The van der Waals surface area contributed by atoms with Crippen LogP contribution in [0.4, 0.5) is 0 Å². The molecule has 1 saturated carbocycles. The van der Waals surface area contributed by atoms with Crippen LogP contribution in [0.15, 0.2) is 0 Å². The summed E-state index contributed by atoms with van der Waals surface area (Å²) in [5.41, 5.74) is 5.65. The van der Waals surface area contributed by atoms with Crippen molar-refractivity contribution in [2.24, 2.45) is 11.7 Å². The van der Waals surface area contributed by atoms with Gasteiger partial charge in [-0.15, -0.1) is 0 Å². The van der Waals surface area contributed by atoms with Crippen molar-refractivity contribution >= 4 is 10.8 Å². The summed E-state index contributed by atoms with van der Waals surface area (Å²) in [6.07, 6.45) is 4.83. The maximum absolute atomic E-state index is 11.6. The molecule has 1 rings (SSSR count). The third-order valence-corrected chi connectivity index (χ3v) is 4.63. The van der Waals surface area contributed by atoms with Crippen molar-refractivity contribution in [1.29, 1.82) is 0 Å². The van der Waals surface area contributed by atoms with Gasteiger partial charge in [-0.1, -0.05) is 19.8 Å². The van der Waals surface area contributed by atoms with Crippen molar-refractivity contribution in [2.45, 2.75) is 37.9 Å². The number of hydrogen-bond acceptors (Lipinski definition) is 2. The van der Waals surface area contributed by atoms with Gasteiger partial charge in [0.05, 0.1) is 0 Å². The molecule has 1 aliphatic carbocycles. The quantitative estimate of drug-likeness (QED) is 0.726. The first-order chi connectivity index (χ1) is 5.79. The topological polar surface area (TPSA) is 43.1 Å². The molecule has 2 N–H and O–H groups in total. The van der Waals surface area contributed by atoms with E-state index in [4.69, 9.17) is 5.73 Å². The molecule has 3 unspecified atom stereocenters. The first kappa shape index (κ1) is 10.2. The van der Waals surface area contributed by atoms with Crippen LogP contribution in [0.5, 0.6) is 0 Å². The second-order valence-electron chi connectivity index (χ2n) is 3.49. The minimum absolute atomic E-state index is 0.397. The Labute approximate surface area is 77.4 Å². The Hall–Kier alpha value is 0.110. The Morgan fingerprint density at radius 2 is 2.08 bits per heavy atom. The van der Waals surface area contributed by atoms with Gasteiger partial charge in [-0.25, -0.2) is 0 Å². The monoisotopic (exact) mass is 189 g/mol. The summed E-state index contributed by atoms with van der Waals surface area (Å²) < 4.78 is 11.6. The smallest absolute Gasteiger partial charge is 0.0388 e. The highest BCUT2D eigenvalue weighted by atomic mass is 32.2. The lowest BCUT2D eigenvalue weighted by molar-refractivity contribution is 0.372. The van der Waals surface area contributed by atoms with E-state index < -0.39 is 10.8 Å². The first-order valence-electron chi connectivity index (χ1n) is 4.86. The predicted molar refractivity (Wildman–Crippen MR) is 53.5 cm³/mol. The lowest BCUT2D eigenvalue weighted by Crippen LogP contribution is -2.34. The first-order valence-corrected chi connectivity index (χ1v) is 6.25. The highest BCUT2D eigenvalue weighted by Crippen LogP contribution is 2.27. The molecular formula is C9H19NOS. The van der Waals surface area contributed by atoms with E-state index >= 15 is 0 Å². The van der Waals surface area contributed by atoms with E-state index in [9.17, 15) is 4.21 Å². The number of rotatable bonds is 3. The Morgan fingerprint density at radius 3 is 2.67 bits per heavy atom. The van der Waals surface area contributed by atoms with Crippen molar-refractivity contribution in [3.8, 4) is 0 Å². The Morgan fingerprint density at radius 1 is 1.42 bits per heavy atom. The van der Waals surface area contributed by atoms with Gasteiger partial charge in [0.25, 0.3) is 0 Å². The fourth-order valence-electron chi connectivity index (χ4n) is 2.00. The fraction of sp³-hybridized carbons (Fsp3) is 1.00. The van der Waals surface area contributed by atoms with E-state index in [2.05, 4.69) is 0 Å². The standard InChI is InChI=1S/C9H19NOS/c1-2-12(11)9-6-4-3-5-8(9)7-10/h8-9H,2-7,10H2,1H3. The van der Waals surface area contributed by atoms with E-state index in [-0.39, 0.29) is 0 Å². The van der Waals surface area contributed by atoms with Crippen molar-refractivity contribution < 1.29 is 4.21 Å². The van der Waals surface area contributed by atoms with Crippen molar-refractivity contribution in [1.82, 2.24) is 0 Å². The molecule has 0 aromatic rings. The van der Waals surface area contributed by atoms with Gasteiger partial charge in [-0.05, 0) is 25.3 Å². The largest absolute Gasteiger partial charge is 0.330 e. The summed E-state index contributed by atoms with van der Waals surface area (Å²) in [7, 11) is -0.623. The fourth-order valence-corrected chi connectivity index (χ4v) is 3.54. The molecule has 0 bridgehead atoms. The van der Waals surface area contributed by atoms with E-state index in [0.717, 1.165) is 18.7 Å². The molecule has 0 aromatic carbocycles. The summed E-state index contributed by atoms with van der Waals surface area (Å²) in [6.45, 7) is 2.72. The van der Waals surface area contributed by atoms with E-state index in [1.165, 1.54) is 19.3 Å². The summed E-state index contributed by atoms with van der Waals surface area (Å²) in [5, 5.41) is 0.397. The molecule has 0 aromatic heterocycles. The minimum Gasteiger partial charge on any atom is -0.330 e. The van der Waals surface area contributed by atoms with Gasteiger partial charge >= 0.3 is 0 Å². The summed E-state index contributed by atoms with van der Waals surface area (Å²) >= 11 is 0. The molecule has 0 radical (unpaired) electrons. The normalized spacial score (nSPS) is 33.2. The SMILES string of the molecule is CCS(=O)C1CCCCC1CN. The summed E-state index contributed by atoms with van der Waals surface area (Å²) in [6, 6.07) is 0. The maximum Gasteiger partial charge on any atom is 0.0388 e. The van der Waals surface area contributed by atoms with Gasteiger partial charge in [0.1, 0.15) is 0 Å². The lowest BCUT2D eigenvalue weighted by Gasteiger charge is -2.29. The van der Waals surface area contributed by atoms with Crippen molar-refractivity contribution in [3.05, 3.63) is 0 Å². The molecule has 1 fully saturated rings. The van der Waals surface area contributed by atoms with Crippen LogP contribution in [0.25, 0.3) is 0 Å². The van der Waals surface area contributed by atoms with Crippen LogP contribution < -0.4 is 5.73 Å². The highest BCUT2D eigenvalue weighted by molar-refractivity contribution is 7.85. The third-order valence-electron chi connectivity index (χ3n) is 2.76. The van der Waals surface area contributed by atoms with Crippen LogP contribution >= 0.6 is 0 Å². The zero-order chi connectivity index (χ0) is 8.97. The molecular weight excluding hydrogens is 170 g/mol. The molecule has 0 spiro atoms. The zero-order valence-electron chi connectivity index (χ0n) is 7.79. The molecule has 2 nitrogen and oxygen atoms in total. The molecule has 72 valence electrons. The average molecular weight is 189 g/mol. The van der Waals surface area contributed by atoms with Gasteiger partial charge in [0.2, 0.25) is 0 Å². The Bertz CT molecular complexity index is 161. The third kappa shape index (κ3) is 2.30. The van der Waals surface area contributed by atoms with Crippen molar-refractivity contribution in [3.63, 3.8) is 0 Å². The van der Waals surface area contributed by atoms with Crippen molar-refractivity contribution in [2.75, 3.05) is 12.3 Å². The van der Waals surface area contributed by atoms with Crippen LogP contribution in [0.1, 0.15) is 32.6 Å². The zero-order valence-corrected chi connectivity index (χ0v) is 8.61. The second kappa shape index (κ2) is 4.97. The van der Waals surface area contributed by atoms with Gasteiger partial charge < -0.3 is 5.73 Å². The highest BCUT2D eigenvalue weighted by Gasteiger charge is 2.27. The Balaban J connectivity index is 2.52. The van der Waals surface area contributed by atoms with Crippen LogP contribution in [0, 0.1) is 5.92 Å². The van der Waals surface area contributed by atoms with Gasteiger partial charge in [-0.3, -0.25) is 4.21 Å². The molecule has 0 saturated heterocycles. The van der Waals surface area contributed by atoms with E-state index in [1.54, 1.807) is 0 Å². The van der Waals surface area contributed by atoms with Gasteiger partial charge in [0.15, 0.2) is 0 Å². The molecule has 3 atom stereocenters. The van der Waals surface area contributed by atoms with Gasteiger partial charge in [0, 0.05) is 21.8 Å². The average Bonchev–Trinajstić information content (AvgIpc) is 2.16. The van der Waals surface area contributed by atoms with E-state index in [0.29, 0.717) is 11.2 Å². The van der Waals surface area contributed by atoms with Crippen LogP contribution in [-0.2, 0) is 10.8 Å². The summed E-state index contributed by atoms with van der Waals surface area (Å²) in [5.74, 6) is 1.32. The predicted octanol–water partition coefficient (Wildman–Crippen LogP) is 1.27. The van der Waals surface area contributed by atoms with E-state index in [1.807, 2.05) is 6.92 Å². The molecule has 0 heterocycles. The molecule has 0 aliphatic heterocycles. The minimum atomic E-state index is -0.623. The summed E-state index contributed by atoms with van der Waals surface area (Å²) in [4.78, 5) is 0. The lowest BCUT2D eigenvalue weighted by atomic mass is 9.89. The van der Waals surface area contributed by atoms with Gasteiger partial charge in [-0.2, -0.15) is 0 Å². The number of hydrogen-bond donors (Lipinski definition) is 1. The molecule has 12 heavy (non-hydrogen) atoms. The number of nitrogens with two attached hydrogens (primary N) is 1. The maximum atomic E-state index is 11.6. The van der Waals surface area contributed by atoms with Crippen LogP contribution in [0.2, 0.25) is 0 Å². The molecule has 3 heteroatoms. The Kier molecular flexibility index (Phi) is 4.22. The van der Waals surface area contributed by atoms with Crippen LogP contribution in [0.3, 0.4) is 0 Å². The second-order valence-corrected chi connectivity index (χ2v) is 5.43. The molecule has 1 aliphatic rings.